The fourth-order valence-electron chi connectivity index (χ4n) is 3.29. The highest BCUT2D eigenvalue weighted by Crippen LogP contribution is 2.52. The van der Waals surface area contributed by atoms with E-state index < -0.39 is 0 Å². The second-order valence-electron chi connectivity index (χ2n) is 7.03. The Labute approximate surface area is 141 Å². The lowest BCUT2D eigenvalue weighted by molar-refractivity contribution is 0.0526. The van der Waals surface area contributed by atoms with E-state index in [1.54, 1.807) is 24.0 Å². The number of ether oxygens (including phenoxy) is 1. The van der Waals surface area contributed by atoms with Crippen molar-refractivity contribution in [1.29, 1.82) is 0 Å². The van der Waals surface area contributed by atoms with Crippen molar-refractivity contribution in [3.05, 3.63) is 29.7 Å². The molecule has 1 spiro atoms. The van der Waals surface area contributed by atoms with Crippen molar-refractivity contribution in [1.82, 2.24) is 20.0 Å². The lowest BCUT2D eigenvalue weighted by atomic mass is 9.97. The van der Waals surface area contributed by atoms with E-state index in [1.807, 2.05) is 6.20 Å². The summed E-state index contributed by atoms with van der Waals surface area (Å²) in [6.45, 7) is 7.16. The lowest BCUT2D eigenvalue weighted by Gasteiger charge is -2.43. The van der Waals surface area contributed by atoms with Crippen LogP contribution in [0.1, 0.15) is 37.0 Å². The quantitative estimate of drug-likeness (QED) is 0.845. The molecule has 0 amide bonds. The van der Waals surface area contributed by atoms with Gasteiger partial charge >= 0.3 is 5.97 Å². The van der Waals surface area contributed by atoms with Crippen LogP contribution in [0, 0.1) is 5.41 Å². The van der Waals surface area contributed by atoms with E-state index in [4.69, 9.17) is 4.74 Å². The predicted molar refractivity (Wildman–Crippen MR) is 89.5 cm³/mol. The van der Waals surface area contributed by atoms with Crippen molar-refractivity contribution in [3.63, 3.8) is 0 Å². The van der Waals surface area contributed by atoms with E-state index in [9.17, 15) is 4.79 Å². The molecule has 1 saturated heterocycles. The maximum Gasteiger partial charge on any atom is 0.341 e. The molecule has 2 aliphatic heterocycles. The smallest absolute Gasteiger partial charge is 0.341 e. The number of nitrogens with zero attached hydrogens (tertiary/aromatic N) is 4. The molecular weight excluding hydrogens is 306 g/mol. The molecule has 24 heavy (non-hydrogen) atoms. The minimum atomic E-state index is -0.334. The van der Waals surface area contributed by atoms with Gasteiger partial charge in [0.2, 0.25) is 0 Å². The van der Waals surface area contributed by atoms with Crippen LogP contribution in [-0.2, 0) is 11.3 Å². The maximum absolute atomic E-state index is 11.7. The molecule has 3 aliphatic rings. The number of likely N-dealkylation sites (tertiary alicyclic amines) is 1. The van der Waals surface area contributed by atoms with Gasteiger partial charge in [-0.1, -0.05) is 0 Å². The Morgan fingerprint density at radius 3 is 2.92 bits per heavy atom. The van der Waals surface area contributed by atoms with Crippen LogP contribution < -0.4 is 5.32 Å². The van der Waals surface area contributed by atoms with Gasteiger partial charge in [-0.05, 0) is 32.3 Å². The van der Waals surface area contributed by atoms with Gasteiger partial charge < -0.3 is 15.0 Å². The Kier molecular flexibility index (Phi) is 3.58. The number of hydrogen-bond donors (Lipinski definition) is 1. The molecule has 3 heterocycles. The largest absolute Gasteiger partial charge is 0.462 e. The van der Waals surface area contributed by atoms with Crippen LogP contribution in [0.3, 0.4) is 0 Å². The number of aromatic nitrogens is 2. The highest BCUT2D eigenvalue weighted by molar-refractivity contribution is 5.88. The van der Waals surface area contributed by atoms with Crippen LogP contribution in [0.2, 0.25) is 0 Å². The molecule has 128 valence electrons. The SMILES string of the molecule is CCOC(=O)c1cnn(CC2=CN=C(N3CC4(CC4)C3)NC2C)c1. The number of carbonyl (C=O) groups excluding carboxylic acids is 1. The number of rotatable bonds is 4. The third kappa shape index (κ3) is 2.79. The molecule has 4 rings (SSSR count). The first kappa shape index (κ1) is 15.2. The van der Waals surface area contributed by atoms with Crippen LogP contribution >= 0.6 is 0 Å². The van der Waals surface area contributed by atoms with Crippen molar-refractivity contribution in [3.8, 4) is 0 Å². The molecular formula is C17H23N5O2. The topological polar surface area (TPSA) is 71.8 Å². The fourth-order valence-corrected chi connectivity index (χ4v) is 3.29. The summed E-state index contributed by atoms with van der Waals surface area (Å²) in [6.07, 6.45) is 7.94. The molecule has 1 unspecified atom stereocenters. The molecule has 1 aromatic heterocycles. The highest BCUT2D eigenvalue weighted by Gasteiger charge is 2.53. The molecule has 2 fully saturated rings. The summed E-state index contributed by atoms with van der Waals surface area (Å²) in [6, 6.07) is 0.198. The number of aliphatic imine (C=N–C) groups is 1. The third-order valence-electron chi connectivity index (χ3n) is 5.05. The van der Waals surface area contributed by atoms with Gasteiger partial charge in [0.1, 0.15) is 0 Å². The Balaban J connectivity index is 1.40. The second-order valence-corrected chi connectivity index (χ2v) is 7.03. The average molecular weight is 329 g/mol. The molecule has 1 N–H and O–H groups in total. The lowest BCUT2D eigenvalue weighted by Crippen LogP contribution is -2.58. The minimum absolute atomic E-state index is 0.198. The van der Waals surface area contributed by atoms with Crippen molar-refractivity contribution in [2.75, 3.05) is 19.7 Å². The van der Waals surface area contributed by atoms with Crippen LogP contribution in [0.15, 0.2) is 29.2 Å². The molecule has 7 nitrogen and oxygen atoms in total. The third-order valence-corrected chi connectivity index (χ3v) is 5.05. The Bertz CT molecular complexity index is 708. The van der Waals surface area contributed by atoms with Gasteiger partial charge in [-0.3, -0.25) is 4.68 Å². The fraction of sp³-hybridized carbons (Fsp3) is 0.588. The van der Waals surface area contributed by atoms with Crippen LogP contribution in [0.4, 0.5) is 0 Å². The zero-order valence-corrected chi connectivity index (χ0v) is 14.2. The minimum Gasteiger partial charge on any atom is -0.462 e. The van der Waals surface area contributed by atoms with Gasteiger partial charge in [0, 0.05) is 30.9 Å². The molecule has 0 bridgehead atoms. The summed E-state index contributed by atoms with van der Waals surface area (Å²) < 4.78 is 6.74. The number of esters is 1. The normalized spacial score (nSPS) is 23.9. The van der Waals surface area contributed by atoms with Crippen LogP contribution in [0.5, 0.6) is 0 Å². The van der Waals surface area contributed by atoms with Gasteiger partial charge in [0.25, 0.3) is 0 Å². The van der Waals surface area contributed by atoms with Gasteiger partial charge in [0.05, 0.1) is 31.0 Å². The Morgan fingerprint density at radius 2 is 2.25 bits per heavy atom. The van der Waals surface area contributed by atoms with E-state index in [2.05, 4.69) is 27.2 Å². The van der Waals surface area contributed by atoms with Crippen molar-refractivity contribution >= 4 is 11.9 Å². The average Bonchev–Trinajstić information content (AvgIpc) is 3.20. The molecule has 1 aromatic rings. The Hall–Kier alpha value is -2.31. The van der Waals surface area contributed by atoms with Gasteiger partial charge in [-0.2, -0.15) is 5.10 Å². The van der Waals surface area contributed by atoms with E-state index in [0.717, 1.165) is 24.6 Å². The van der Waals surface area contributed by atoms with Crippen molar-refractivity contribution < 1.29 is 9.53 Å². The van der Waals surface area contributed by atoms with E-state index in [-0.39, 0.29) is 12.0 Å². The van der Waals surface area contributed by atoms with Gasteiger partial charge in [-0.25, -0.2) is 9.79 Å². The number of nitrogens with one attached hydrogen (secondary N) is 1. The summed E-state index contributed by atoms with van der Waals surface area (Å²) in [5, 5.41) is 7.72. The van der Waals surface area contributed by atoms with E-state index in [1.165, 1.54) is 12.8 Å². The number of guanidine groups is 1. The predicted octanol–water partition coefficient (Wildman–Crippen LogP) is 1.39. The Morgan fingerprint density at radius 1 is 1.46 bits per heavy atom. The van der Waals surface area contributed by atoms with E-state index >= 15 is 0 Å². The highest BCUT2D eigenvalue weighted by atomic mass is 16.5. The summed E-state index contributed by atoms with van der Waals surface area (Å²) in [7, 11) is 0. The molecule has 0 aromatic carbocycles. The standard InChI is InChI=1S/C17H23N5O2/c1-3-24-15(23)14-7-19-22(9-14)8-13-6-18-16(20-12(13)2)21-10-17(11-21)4-5-17/h6-7,9,12H,3-5,8,10-11H2,1-2H3,(H,18,20). The maximum atomic E-state index is 11.7. The monoisotopic (exact) mass is 329 g/mol. The zero-order chi connectivity index (χ0) is 16.7. The molecule has 1 saturated carbocycles. The first-order chi connectivity index (χ1) is 11.6. The summed E-state index contributed by atoms with van der Waals surface area (Å²) in [4.78, 5) is 18.6. The molecule has 1 atom stereocenters. The summed E-state index contributed by atoms with van der Waals surface area (Å²) in [5.74, 6) is 0.649. The summed E-state index contributed by atoms with van der Waals surface area (Å²) in [5.41, 5.74) is 2.24. The number of hydrogen-bond acceptors (Lipinski definition) is 6. The van der Waals surface area contributed by atoms with Crippen LogP contribution in [-0.4, -0.2) is 52.3 Å². The van der Waals surface area contributed by atoms with Gasteiger partial charge in [-0.15, -0.1) is 0 Å². The zero-order valence-electron chi connectivity index (χ0n) is 14.2. The van der Waals surface area contributed by atoms with Crippen LogP contribution in [0.25, 0.3) is 0 Å². The first-order valence-corrected chi connectivity index (χ1v) is 8.56. The first-order valence-electron chi connectivity index (χ1n) is 8.56. The van der Waals surface area contributed by atoms with Crippen molar-refractivity contribution in [2.45, 2.75) is 39.3 Å². The second kappa shape index (κ2) is 5.65. The number of carbonyl (C=O) groups is 1. The molecule has 7 heteroatoms. The van der Waals surface area contributed by atoms with E-state index in [0.29, 0.717) is 24.1 Å². The van der Waals surface area contributed by atoms with Gasteiger partial charge in [0.15, 0.2) is 5.96 Å². The molecule has 0 radical (unpaired) electrons. The summed E-state index contributed by atoms with van der Waals surface area (Å²) >= 11 is 0. The molecule has 1 aliphatic carbocycles. The van der Waals surface area contributed by atoms with Crippen molar-refractivity contribution in [2.24, 2.45) is 10.4 Å².